The molecule has 1 aliphatic carbocycles. The van der Waals surface area contributed by atoms with Gasteiger partial charge in [0.05, 0.1) is 6.61 Å². The molecule has 0 aromatic carbocycles. The minimum atomic E-state index is -0.687. The van der Waals surface area contributed by atoms with Crippen molar-refractivity contribution in [2.75, 3.05) is 6.61 Å². The lowest BCUT2D eigenvalue weighted by atomic mass is 9.86. The number of Topliss-reactive ketones (excluding diaryl/α,β-unsaturated/α-hetero) is 1. The molecule has 0 saturated carbocycles. The van der Waals surface area contributed by atoms with E-state index in [0.717, 1.165) is 0 Å². The van der Waals surface area contributed by atoms with Gasteiger partial charge in [-0.25, -0.2) is 4.79 Å². The summed E-state index contributed by atoms with van der Waals surface area (Å²) < 4.78 is 4.79. The van der Waals surface area contributed by atoms with Gasteiger partial charge in [0.25, 0.3) is 5.56 Å². The molecule has 1 N–H and O–H groups in total. The number of esters is 1. The Hall–Kier alpha value is -1.91. The molecule has 0 aliphatic heterocycles. The largest absolute Gasteiger partial charge is 0.462 e. The number of hydrogen-bond donors (Lipinski definition) is 1. The van der Waals surface area contributed by atoms with Gasteiger partial charge in [-0.05, 0) is 25.3 Å². The number of aromatic amines is 1. The fourth-order valence-electron chi connectivity index (χ4n) is 2.19. The zero-order valence-corrected chi connectivity index (χ0v) is 10.4. The Bertz CT molecular complexity index is 559. The molecular weight excluding hydrogens is 234 g/mol. The van der Waals surface area contributed by atoms with E-state index in [0.29, 0.717) is 24.1 Å². The first-order valence-electron chi connectivity index (χ1n) is 5.99. The first kappa shape index (κ1) is 12.5. The predicted octanol–water partition coefficient (Wildman–Crippen LogP) is 1.32. The molecule has 1 atom stereocenters. The molecule has 0 unspecified atom stereocenters. The first-order chi connectivity index (χ1) is 8.52. The number of carbonyl (C=O) groups is 2. The van der Waals surface area contributed by atoms with Gasteiger partial charge >= 0.3 is 5.97 Å². The first-order valence-corrected chi connectivity index (χ1v) is 5.99. The summed E-state index contributed by atoms with van der Waals surface area (Å²) in [6.45, 7) is 3.82. The zero-order valence-electron chi connectivity index (χ0n) is 10.4. The van der Waals surface area contributed by atoms with E-state index in [1.807, 2.05) is 6.92 Å². The van der Waals surface area contributed by atoms with Crippen LogP contribution in [0.2, 0.25) is 0 Å². The number of hydrogen-bond acceptors (Lipinski definition) is 4. The van der Waals surface area contributed by atoms with Crippen LogP contribution in [0.25, 0.3) is 0 Å². The van der Waals surface area contributed by atoms with Crippen molar-refractivity contribution in [1.82, 2.24) is 4.98 Å². The van der Waals surface area contributed by atoms with Gasteiger partial charge in [-0.3, -0.25) is 9.59 Å². The number of H-pyrrole nitrogens is 1. The van der Waals surface area contributed by atoms with Gasteiger partial charge in [0.1, 0.15) is 5.56 Å². The molecule has 5 nitrogen and oxygen atoms in total. The second-order valence-corrected chi connectivity index (χ2v) is 4.56. The van der Waals surface area contributed by atoms with E-state index in [-0.39, 0.29) is 23.9 Å². The van der Waals surface area contributed by atoms with Crippen LogP contribution in [0.3, 0.4) is 0 Å². The van der Waals surface area contributed by atoms with Crippen LogP contribution < -0.4 is 5.56 Å². The molecule has 0 amide bonds. The number of ether oxygens (including phenoxy) is 1. The third-order valence-corrected chi connectivity index (χ3v) is 3.01. The molecule has 2 rings (SSSR count). The summed E-state index contributed by atoms with van der Waals surface area (Å²) in [6.07, 6.45) is 1.10. The fraction of sp³-hybridized carbons (Fsp3) is 0.462. The van der Waals surface area contributed by atoms with E-state index >= 15 is 0 Å². The van der Waals surface area contributed by atoms with Crippen molar-refractivity contribution in [1.29, 1.82) is 0 Å². The number of carbonyl (C=O) groups excluding carboxylic acids is 2. The number of rotatable bonds is 2. The zero-order chi connectivity index (χ0) is 13.3. The van der Waals surface area contributed by atoms with Crippen molar-refractivity contribution in [3.63, 3.8) is 0 Å². The van der Waals surface area contributed by atoms with Crippen molar-refractivity contribution < 1.29 is 14.3 Å². The standard InChI is InChI=1S/C13H15NO4/c1-3-18-13(17)9-6-8-10(14-12(9)16)4-7(2)5-11(8)15/h6-7H,3-5H2,1-2H3,(H,14,16)/t7-/m1/s1. The number of ketones is 1. The van der Waals surface area contributed by atoms with E-state index in [2.05, 4.69) is 4.98 Å². The third kappa shape index (κ3) is 2.20. The highest BCUT2D eigenvalue weighted by atomic mass is 16.5. The van der Waals surface area contributed by atoms with Crippen molar-refractivity contribution in [2.24, 2.45) is 5.92 Å². The minimum absolute atomic E-state index is 0.0365. The average molecular weight is 249 g/mol. The van der Waals surface area contributed by atoms with Gasteiger partial charge in [-0.2, -0.15) is 0 Å². The Kier molecular flexibility index (Phi) is 3.32. The molecule has 1 aliphatic rings. The highest BCUT2D eigenvalue weighted by molar-refractivity contribution is 6.00. The number of aromatic nitrogens is 1. The number of nitrogens with one attached hydrogen (secondary N) is 1. The topological polar surface area (TPSA) is 76.2 Å². The van der Waals surface area contributed by atoms with E-state index in [1.165, 1.54) is 6.07 Å². The lowest BCUT2D eigenvalue weighted by molar-refractivity contribution is 0.0524. The summed E-state index contributed by atoms with van der Waals surface area (Å²) >= 11 is 0. The van der Waals surface area contributed by atoms with Gasteiger partial charge in [-0.15, -0.1) is 0 Å². The van der Waals surface area contributed by atoms with Crippen molar-refractivity contribution in [3.8, 4) is 0 Å². The molecule has 0 spiro atoms. The molecule has 0 saturated heterocycles. The van der Waals surface area contributed by atoms with E-state index in [1.54, 1.807) is 6.92 Å². The monoisotopic (exact) mass is 249 g/mol. The molecule has 18 heavy (non-hydrogen) atoms. The van der Waals surface area contributed by atoms with Crippen LogP contribution in [0.1, 0.15) is 46.7 Å². The van der Waals surface area contributed by atoms with Crippen LogP contribution in [0.4, 0.5) is 0 Å². The summed E-state index contributed by atoms with van der Waals surface area (Å²) in [5, 5.41) is 0. The van der Waals surface area contributed by atoms with Crippen LogP contribution >= 0.6 is 0 Å². The molecular formula is C13H15NO4. The summed E-state index contributed by atoms with van der Waals surface area (Å²) in [4.78, 5) is 37.8. The summed E-state index contributed by atoms with van der Waals surface area (Å²) in [7, 11) is 0. The number of pyridine rings is 1. The summed E-state index contributed by atoms with van der Waals surface area (Å²) in [5.41, 5.74) is 0.472. The summed E-state index contributed by atoms with van der Waals surface area (Å²) in [5.74, 6) is -0.507. The molecule has 5 heteroatoms. The maximum absolute atomic E-state index is 11.9. The van der Waals surface area contributed by atoms with Gasteiger partial charge < -0.3 is 9.72 Å². The molecule has 96 valence electrons. The Morgan fingerprint density at radius 1 is 1.44 bits per heavy atom. The van der Waals surface area contributed by atoms with E-state index in [9.17, 15) is 14.4 Å². The molecule has 0 bridgehead atoms. The molecule has 0 radical (unpaired) electrons. The van der Waals surface area contributed by atoms with Crippen molar-refractivity contribution in [3.05, 3.63) is 33.2 Å². The number of fused-ring (bicyclic) bond motifs is 1. The van der Waals surface area contributed by atoms with Gasteiger partial charge in [-0.1, -0.05) is 6.92 Å². The predicted molar refractivity (Wildman–Crippen MR) is 64.8 cm³/mol. The van der Waals surface area contributed by atoms with E-state index in [4.69, 9.17) is 4.74 Å². The Balaban J connectivity index is 2.48. The van der Waals surface area contributed by atoms with Crippen LogP contribution in [-0.4, -0.2) is 23.3 Å². The van der Waals surface area contributed by atoms with Crippen LogP contribution in [0.15, 0.2) is 10.9 Å². The van der Waals surface area contributed by atoms with Crippen LogP contribution in [-0.2, 0) is 11.2 Å². The highest BCUT2D eigenvalue weighted by Gasteiger charge is 2.25. The normalized spacial score (nSPS) is 18.3. The third-order valence-electron chi connectivity index (χ3n) is 3.01. The second-order valence-electron chi connectivity index (χ2n) is 4.56. The lowest BCUT2D eigenvalue weighted by Gasteiger charge is -2.20. The van der Waals surface area contributed by atoms with Crippen LogP contribution in [0, 0.1) is 5.92 Å². The Morgan fingerprint density at radius 3 is 2.83 bits per heavy atom. The van der Waals surface area contributed by atoms with Crippen LogP contribution in [0.5, 0.6) is 0 Å². The quantitative estimate of drug-likeness (QED) is 0.802. The summed E-state index contributed by atoms with van der Waals surface area (Å²) in [6, 6.07) is 1.36. The van der Waals surface area contributed by atoms with Gasteiger partial charge in [0, 0.05) is 17.7 Å². The fourth-order valence-corrected chi connectivity index (χ4v) is 2.19. The highest BCUT2D eigenvalue weighted by Crippen LogP contribution is 2.23. The molecule has 1 heterocycles. The Labute approximate surface area is 104 Å². The lowest BCUT2D eigenvalue weighted by Crippen LogP contribution is -2.27. The van der Waals surface area contributed by atoms with E-state index < -0.39 is 11.5 Å². The molecule has 1 aromatic rings. The Morgan fingerprint density at radius 2 is 2.17 bits per heavy atom. The smallest absolute Gasteiger partial charge is 0.343 e. The van der Waals surface area contributed by atoms with Crippen molar-refractivity contribution >= 4 is 11.8 Å². The average Bonchev–Trinajstić information content (AvgIpc) is 2.27. The molecule has 0 fully saturated rings. The van der Waals surface area contributed by atoms with Gasteiger partial charge in [0.15, 0.2) is 5.78 Å². The van der Waals surface area contributed by atoms with Gasteiger partial charge in [0.2, 0.25) is 0 Å². The van der Waals surface area contributed by atoms with Crippen molar-refractivity contribution in [2.45, 2.75) is 26.7 Å². The minimum Gasteiger partial charge on any atom is -0.462 e. The maximum Gasteiger partial charge on any atom is 0.343 e. The maximum atomic E-state index is 11.9. The SMILES string of the molecule is CCOC(=O)c1cc2c([nH]c1=O)C[C@@H](C)CC2=O. The second kappa shape index (κ2) is 4.76. The molecule has 1 aromatic heterocycles.